The molecule has 0 saturated carbocycles. The summed E-state index contributed by atoms with van der Waals surface area (Å²) in [5, 5.41) is 10.5. The molecule has 0 atom stereocenters. The molecule has 0 unspecified atom stereocenters. The first kappa shape index (κ1) is 15.1. The highest BCUT2D eigenvalue weighted by atomic mass is 16.5. The number of nitrogens with one attached hydrogen (secondary N) is 1. The predicted molar refractivity (Wildman–Crippen MR) is 59.2 cm³/mol. The maximum atomic E-state index is 10.9. The van der Waals surface area contributed by atoms with Crippen LogP contribution in [-0.4, -0.2) is 42.5 Å². The van der Waals surface area contributed by atoms with Crippen LogP contribution in [0.25, 0.3) is 0 Å². The van der Waals surface area contributed by atoms with Crippen LogP contribution in [0.5, 0.6) is 0 Å². The van der Waals surface area contributed by atoms with Gasteiger partial charge in [-0.25, -0.2) is 4.79 Å². The second-order valence-electron chi connectivity index (χ2n) is 3.07. The van der Waals surface area contributed by atoms with Crippen molar-refractivity contribution in [2.24, 2.45) is 0 Å². The molecule has 0 aromatic carbocycles. The smallest absolute Gasteiger partial charge is 0.382 e. The number of hydrogen-bond donors (Lipinski definition) is 2. The number of ether oxygens (including phenoxy) is 1. The zero-order valence-corrected chi connectivity index (χ0v) is 9.62. The van der Waals surface area contributed by atoms with Crippen molar-refractivity contribution >= 4 is 17.7 Å². The Morgan fingerprint density at radius 1 is 1.24 bits per heavy atom. The summed E-state index contributed by atoms with van der Waals surface area (Å²) in [7, 11) is 0. The number of carbonyl (C=O) groups excluding carboxylic acids is 2. The molecule has 0 saturated heterocycles. The lowest BCUT2D eigenvalue weighted by molar-refractivity contribution is -0.130. The van der Waals surface area contributed by atoms with Gasteiger partial charge in [0, 0.05) is 31.2 Å². The topological polar surface area (TPSA) is 92.7 Å². The van der Waals surface area contributed by atoms with E-state index >= 15 is 0 Å². The molecule has 0 aliphatic carbocycles. The van der Waals surface area contributed by atoms with E-state index in [2.05, 4.69) is 5.32 Å². The Morgan fingerprint density at radius 3 is 2.53 bits per heavy atom. The Balaban J connectivity index is 3.47. The van der Waals surface area contributed by atoms with Crippen LogP contribution in [0.15, 0.2) is 0 Å². The summed E-state index contributed by atoms with van der Waals surface area (Å²) in [5.74, 6) is 1.69. The van der Waals surface area contributed by atoms with Crippen molar-refractivity contribution in [3.05, 3.63) is 0 Å². The number of amides is 1. The van der Waals surface area contributed by atoms with Gasteiger partial charge in [-0.1, -0.05) is 6.92 Å². The van der Waals surface area contributed by atoms with Crippen molar-refractivity contribution in [1.82, 2.24) is 5.32 Å². The van der Waals surface area contributed by atoms with E-state index in [1.165, 1.54) is 0 Å². The van der Waals surface area contributed by atoms with Crippen LogP contribution in [0.4, 0.5) is 0 Å². The minimum Gasteiger partial charge on any atom is -0.472 e. The summed E-state index contributed by atoms with van der Waals surface area (Å²) in [4.78, 5) is 31.8. The monoisotopic (exact) mass is 241 g/mol. The highest BCUT2D eigenvalue weighted by Gasteiger charge is 1.98. The lowest BCUT2D eigenvalue weighted by Gasteiger charge is -2.03. The van der Waals surface area contributed by atoms with Crippen molar-refractivity contribution in [3.8, 4) is 11.8 Å². The van der Waals surface area contributed by atoms with Crippen molar-refractivity contribution in [3.63, 3.8) is 0 Å². The average Bonchev–Trinajstić information content (AvgIpc) is 2.30. The molecule has 0 rings (SSSR count). The van der Waals surface area contributed by atoms with Crippen LogP contribution in [0.3, 0.4) is 0 Å². The molecule has 0 aromatic rings. The van der Waals surface area contributed by atoms with E-state index in [0.717, 1.165) is 0 Å². The van der Waals surface area contributed by atoms with Gasteiger partial charge in [0.25, 0.3) is 5.91 Å². The van der Waals surface area contributed by atoms with Gasteiger partial charge in [0.05, 0.1) is 13.2 Å². The van der Waals surface area contributed by atoms with E-state index in [-0.39, 0.29) is 18.9 Å². The first-order valence-corrected chi connectivity index (χ1v) is 5.18. The Morgan fingerprint density at radius 2 is 1.94 bits per heavy atom. The molecular formula is C11H15NO5. The summed E-state index contributed by atoms with van der Waals surface area (Å²) in [5.41, 5.74) is 0. The van der Waals surface area contributed by atoms with E-state index in [1.54, 1.807) is 12.8 Å². The van der Waals surface area contributed by atoms with Gasteiger partial charge in [-0.15, -0.1) is 0 Å². The van der Waals surface area contributed by atoms with Crippen molar-refractivity contribution in [2.45, 2.75) is 19.8 Å². The second kappa shape index (κ2) is 9.36. The molecular weight excluding hydrogens is 226 g/mol. The third-order valence-electron chi connectivity index (χ3n) is 1.73. The summed E-state index contributed by atoms with van der Waals surface area (Å²) < 4.78 is 5.08. The molecule has 0 aromatic heterocycles. The van der Waals surface area contributed by atoms with Gasteiger partial charge in [-0.2, -0.15) is 0 Å². The zero-order chi connectivity index (χ0) is 13.1. The molecule has 94 valence electrons. The fourth-order valence-electron chi connectivity index (χ4n) is 0.856. The quantitative estimate of drug-likeness (QED) is 0.466. The lowest BCUT2D eigenvalue weighted by Crippen LogP contribution is -2.26. The van der Waals surface area contributed by atoms with E-state index in [4.69, 9.17) is 9.84 Å². The van der Waals surface area contributed by atoms with Crippen molar-refractivity contribution in [2.75, 3.05) is 19.8 Å². The summed E-state index contributed by atoms with van der Waals surface area (Å²) in [6.07, 6.45) is 0.855. The van der Waals surface area contributed by atoms with Crippen LogP contribution >= 0.6 is 0 Å². The van der Waals surface area contributed by atoms with Gasteiger partial charge in [0.2, 0.25) is 0 Å². The van der Waals surface area contributed by atoms with E-state index in [1.807, 2.05) is 5.92 Å². The molecule has 2 N–H and O–H groups in total. The number of carboxylic acids is 1. The zero-order valence-electron chi connectivity index (χ0n) is 9.62. The van der Waals surface area contributed by atoms with Gasteiger partial charge >= 0.3 is 5.97 Å². The van der Waals surface area contributed by atoms with E-state index in [0.29, 0.717) is 19.4 Å². The van der Waals surface area contributed by atoms with Gasteiger partial charge in [-0.05, 0) is 0 Å². The fraction of sp³-hybridized carbons (Fsp3) is 0.545. The average molecular weight is 241 g/mol. The third kappa shape index (κ3) is 10.4. The summed E-state index contributed by atoms with van der Waals surface area (Å²) in [6, 6.07) is 0. The minimum absolute atomic E-state index is 0.126. The standard InChI is InChI=1S/C11H15NO5/c1-2-9(13)5-7-17-8-6-12-10(14)3-4-11(15)16/h2,5-8H2,1H3,(H,12,14)(H,15,16). The Hall–Kier alpha value is -1.87. The van der Waals surface area contributed by atoms with Crippen LogP contribution in [0.2, 0.25) is 0 Å². The second-order valence-corrected chi connectivity index (χ2v) is 3.07. The molecule has 0 bridgehead atoms. The van der Waals surface area contributed by atoms with Gasteiger partial charge < -0.3 is 15.2 Å². The Kier molecular flexibility index (Phi) is 8.33. The van der Waals surface area contributed by atoms with Crippen molar-refractivity contribution in [1.29, 1.82) is 0 Å². The first-order chi connectivity index (χ1) is 8.06. The fourth-order valence-corrected chi connectivity index (χ4v) is 0.856. The molecule has 1 amide bonds. The molecule has 0 fully saturated rings. The predicted octanol–water partition coefficient (Wildman–Crippen LogP) is -0.424. The van der Waals surface area contributed by atoms with Gasteiger partial charge in [0.1, 0.15) is 5.78 Å². The molecule has 0 heterocycles. The summed E-state index contributed by atoms with van der Waals surface area (Å²) >= 11 is 0. The lowest BCUT2D eigenvalue weighted by atomic mass is 10.2. The highest BCUT2D eigenvalue weighted by Crippen LogP contribution is 1.89. The number of Topliss-reactive ketones (excluding diaryl/α,β-unsaturated/α-hetero) is 1. The van der Waals surface area contributed by atoms with Crippen LogP contribution in [0.1, 0.15) is 19.8 Å². The Labute approximate surface area is 99.3 Å². The van der Waals surface area contributed by atoms with Crippen molar-refractivity contribution < 1.29 is 24.2 Å². The molecule has 0 spiro atoms. The number of carboxylic acid groups (broad SMARTS) is 1. The van der Waals surface area contributed by atoms with E-state index < -0.39 is 11.9 Å². The highest BCUT2D eigenvalue weighted by molar-refractivity contribution is 6.00. The number of carbonyl (C=O) groups is 3. The van der Waals surface area contributed by atoms with Gasteiger partial charge in [-0.3, -0.25) is 9.59 Å². The SMILES string of the molecule is CCC(=O)CCOCCNC(=O)C#CC(=O)O. The first-order valence-electron chi connectivity index (χ1n) is 5.18. The molecule has 17 heavy (non-hydrogen) atoms. The normalized spacial score (nSPS) is 9.00. The Bertz CT molecular complexity index is 340. The number of aliphatic carboxylic acids is 1. The molecule has 0 radical (unpaired) electrons. The largest absolute Gasteiger partial charge is 0.472 e. The minimum atomic E-state index is -1.35. The number of hydrogen-bond acceptors (Lipinski definition) is 4. The van der Waals surface area contributed by atoms with E-state index in [9.17, 15) is 14.4 Å². The van der Waals surface area contributed by atoms with Crippen LogP contribution in [-0.2, 0) is 19.1 Å². The van der Waals surface area contributed by atoms with Crippen LogP contribution in [0, 0.1) is 11.8 Å². The molecule has 6 heteroatoms. The molecule has 0 aliphatic heterocycles. The maximum Gasteiger partial charge on any atom is 0.382 e. The number of ketones is 1. The third-order valence-corrected chi connectivity index (χ3v) is 1.73. The van der Waals surface area contributed by atoms with Crippen LogP contribution < -0.4 is 5.32 Å². The summed E-state index contributed by atoms with van der Waals surface area (Å²) in [6.45, 7) is 2.60. The molecule has 0 aliphatic rings. The maximum absolute atomic E-state index is 10.9. The number of rotatable bonds is 7. The molecule has 6 nitrogen and oxygen atoms in total. The van der Waals surface area contributed by atoms with Gasteiger partial charge in [0.15, 0.2) is 0 Å².